The number of hydrogen-bond acceptors (Lipinski definition) is 4. The van der Waals surface area contributed by atoms with Crippen LogP contribution in [0.25, 0.3) is 0 Å². The first kappa shape index (κ1) is 24.9. The number of carbonyl (C=O) groups excluding carboxylic acids is 1. The molecule has 2 aromatic rings. The van der Waals surface area contributed by atoms with Gasteiger partial charge in [0.05, 0.1) is 22.3 Å². The molecule has 1 aromatic carbocycles. The van der Waals surface area contributed by atoms with E-state index in [1.807, 2.05) is 13.8 Å². The van der Waals surface area contributed by atoms with E-state index < -0.39 is 0 Å². The molecule has 1 amide bonds. The normalized spacial score (nSPS) is 11.0. The van der Waals surface area contributed by atoms with Crippen molar-refractivity contribution in [1.29, 1.82) is 0 Å². The largest absolute Gasteiger partial charge is 0.357 e. The number of rotatable bonds is 7. The second kappa shape index (κ2) is 12.5. The number of aromatic nitrogens is 1. The lowest BCUT2D eigenvalue weighted by molar-refractivity contribution is 0.0954. The summed E-state index contributed by atoms with van der Waals surface area (Å²) in [7, 11) is 0. The van der Waals surface area contributed by atoms with Crippen LogP contribution in [0.1, 0.15) is 32.9 Å². The van der Waals surface area contributed by atoms with Gasteiger partial charge >= 0.3 is 0 Å². The number of thiazole rings is 1. The molecule has 154 valence electrons. The van der Waals surface area contributed by atoms with Crippen LogP contribution in [-0.4, -0.2) is 36.5 Å². The van der Waals surface area contributed by atoms with Crippen molar-refractivity contribution in [3.8, 4) is 0 Å². The standard InChI is InChI=1S/C18H23Cl2N5OS.HI/c1-4-21-18(24-10-16-25-11(2)12(3)27-16)23-8-7-22-17(26)13-5-6-14(19)15(20)9-13;/h5-6,9H,4,7-8,10H2,1-3H3,(H,22,26)(H2,21,23,24);1H. The molecule has 0 saturated heterocycles. The fraction of sp³-hybridized carbons (Fsp3) is 0.389. The second-order valence-corrected chi connectivity index (χ2v) is 7.86. The quantitative estimate of drug-likeness (QED) is 0.207. The zero-order valence-corrected chi connectivity index (χ0v) is 20.6. The van der Waals surface area contributed by atoms with Crippen LogP contribution in [0.15, 0.2) is 23.2 Å². The molecule has 0 aliphatic carbocycles. The van der Waals surface area contributed by atoms with Crippen LogP contribution in [0.2, 0.25) is 10.0 Å². The maximum atomic E-state index is 12.1. The molecule has 1 aromatic heterocycles. The van der Waals surface area contributed by atoms with Gasteiger partial charge in [0.25, 0.3) is 5.91 Å². The average molecular weight is 556 g/mol. The van der Waals surface area contributed by atoms with Gasteiger partial charge in [0.1, 0.15) is 5.01 Å². The van der Waals surface area contributed by atoms with E-state index in [1.54, 1.807) is 29.5 Å². The molecule has 3 N–H and O–H groups in total. The molecule has 28 heavy (non-hydrogen) atoms. The number of halogens is 3. The van der Waals surface area contributed by atoms with Gasteiger partial charge in [0.15, 0.2) is 5.96 Å². The summed E-state index contributed by atoms with van der Waals surface area (Å²) in [4.78, 5) is 22.4. The Morgan fingerprint density at radius 2 is 1.86 bits per heavy atom. The Hall–Kier alpha value is -1.10. The first-order valence-corrected chi connectivity index (χ1v) is 10.2. The van der Waals surface area contributed by atoms with Crippen molar-refractivity contribution in [3.63, 3.8) is 0 Å². The Morgan fingerprint density at radius 1 is 1.14 bits per heavy atom. The molecule has 1 heterocycles. The zero-order chi connectivity index (χ0) is 19.8. The minimum Gasteiger partial charge on any atom is -0.357 e. The highest BCUT2D eigenvalue weighted by Gasteiger charge is 2.08. The predicted octanol–water partition coefficient (Wildman–Crippen LogP) is 4.17. The molecule has 10 heteroatoms. The minimum atomic E-state index is -0.203. The van der Waals surface area contributed by atoms with Gasteiger partial charge in [-0.05, 0) is 39.0 Å². The molecule has 6 nitrogen and oxygen atoms in total. The van der Waals surface area contributed by atoms with E-state index in [2.05, 4.69) is 32.9 Å². The first-order valence-electron chi connectivity index (χ1n) is 8.59. The summed E-state index contributed by atoms with van der Waals surface area (Å²) in [5.41, 5.74) is 1.52. The van der Waals surface area contributed by atoms with Crippen molar-refractivity contribution in [2.45, 2.75) is 27.3 Å². The lowest BCUT2D eigenvalue weighted by Crippen LogP contribution is -2.41. The van der Waals surface area contributed by atoms with Crippen molar-refractivity contribution >= 4 is 70.4 Å². The monoisotopic (exact) mass is 555 g/mol. The highest BCUT2D eigenvalue weighted by atomic mass is 127. The van der Waals surface area contributed by atoms with Crippen LogP contribution >= 0.6 is 58.5 Å². The maximum absolute atomic E-state index is 12.1. The number of guanidine groups is 1. The van der Waals surface area contributed by atoms with E-state index in [4.69, 9.17) is 23.2 Å². The van der Waals surface area contributed by atoms with Crippen molar-refractivity contribution in [2.75, 3.05) is 19.6 Å². The van der Waals surface area contributed by atoms with Crippen LogP contribution in [0.5, 0.6) is 0 Å². The highest BCUT2D eigenvalue weighted by molar-refractivity contribution is 14.0. The number of nitrogens with zero attached hydrogens (tertiary/aromatic N) is 2. The number of nitrogens with one attached hydrogen (secondary N) is 3. The summed E-state index contributed by atoms with van der Waals surface area (Å²) < 4.78 is 0. The topological polar surface area (TPSA) is 78.4 Å². The average Bonchev–Trinajstić information content (AvgIpc) is 2.96. The smallest absolute Gasteiger partial charge is 0.251 e. The van der Waals surface area contributed by atoms with Gasteiger partial charge < -0.3 is 16.0 Å². The van der Waals surface area contributed by atoms with Gasteiger partial charge in [-0.15, -0.1) is 35.3 Å². The number of carbonyl (C=O) groups is 1. The predicted molar refractivity (Wildman–Crippen MR) is 129 cm³/mol. The first-order chi connectivity index (χ1) is 12.9. The Balaban J connectivity index is 0.00000392. The Bertz CT molecular complexity index is 809. The number of benzene rings is 1. The van der Waals surface area contributed by atoms with Crippen molar-refractivity contribution in [1.82, 2.24) is 20.9 Å². The van der Waals surface area contributed by atoms with Crippen molar-refractivity contribution < 1.29 is 4.79 Å². The van der Waals surface area contributed by atoms with Crippen molar-refractivity contribution in [2.24, 2.45) is 4.99 Å². The van der Waals surface area contributed by atoms with E-state index in [0.717, 1.165) is 17.2 Å². The lowest BCUT2D eigenvalue weighted by Gasteiger charge is -2.11. The number of amides is 1. The third kappa shape index (κ3) is 7.73. The number of hydrogen-bond donors (Lipinski definition) is 3. The van der Waals surface area contributed by atoms with Crippen LogP contribution in [0.4, 0.5) is 0 Å². The summed E-state index contributed by atoms with van der Waals surface area (Å²) in [5, 5.41) is 11.0. The van der Waals surface area contributed by atoms with E-state index in [0.29, 0.717) is 41.2 Å². The third-order valence-electron chi connectivity index (χ3n) is 3.67. The molecule has 0 unspecified atom stereocenters. The minimum absolute atomic E-state index is 0. The maximum Gasteiger partial charge on any atom is 0.251 e. The van der Waals surface area contributed by atoms with Crippen LogP contribution in [-0.2, 0) is 6.54 Å². The van der Waals surface area contributed by atoms with Gasteiger partial charge in [-0.25, -0.2) is 9.98 Å². The van der Waals surface area contributed by atoms with E-state index >= 15 is 0 Å². The van der Waals surface area contributed by atoms with Gasteiger partial charge in [0, 0.05) is 30.1 Å². The Morgan fingerprint density at radius 3 is 2.46 bits per heavy atom. The van der Waals surface area contributed by atoms with Crippen molar-refractivity contribution in [3.05, 3.63) is 49.4 Å². The van der Waals surface area contributed by atoms with E-state index in [1.165, 1.54) is 4.88 Å². The van der Waals surface area contributed by atoms with E-state index in [9.17, 15) is 4.79 Å². The number of aryl methyl sites for hydroxylation is 2. The van der Waals surface area contributed by atoms with Gasteiger partial charge in [0.2, 0.25) is 0 Å². The summed E-state index contributed by atoms with van der Waals surface area (Å²) in [5.74, 6) is 0.484. The summed E-state index contributed by atoms with van der Waals surface area (Å²) >= 11 is 13.5. The molecule has 0 fully saturated rings. The highest BCUT2D eigenvalue weighted by Crippen LogP contribution is 2.22. The summed E-state index contributed by atoms with van der Waals surface area (Å²) in [6, 6.07) is 4.80. The molecule has 0 spiro atoms. The van der Waals surface area contributed by atoms with Crippen LogP contribution in [0.3, 0.4) is 0 Å². The van der Waals surface area contributed by atoms with Gasteiger partial charge in [-0.3, -0.25) is 4.79 Å². The van der Waals surface area contributed by atoms with Gasteiger partial charge in [-0.2, -0.15) is 0 Å². The van der Waals surface area contributed by atoms with E-state index in [-0.39, 0.29) is 29.9 Å². The molecule has 0 radical (unpaired) electrons. The molecule has 0 atom stereocenters. The molecule has 2 rings (SSSR count). The molecular formula is C18H24Cl2IN5OS. The zero-order valence-electron chi connectivity index (χ0n) is 15.9. The Labute approximate surface area is 196 Å². The Kier molecular flexibility index (Phi) is 11.1. The SMILES string of the molecule is CCNC(=NCc1nc(C)c(C)s1)NCCNC(=O)c1ccc(Cl)c(Cl)c1.I. The molecular weight excluding hydrogens is 532 g/mol. The fourth-order valence-electron chi connectivity index (χ4n) is 2.19. The molecule has 0 bridgehead atoms. The molecule has 0 aliphatic heterocycles. The number of aliphatic imine (C=N–C) groups is 1. The second-order valence-electron chi connectivity index (χ2n) is 5.76. The molecule has 0 saturated carbocycles. The van der Waals surface area contributed by atoms with Gasteiger partial charge in [-0.1, -0.05) is 23.2 Å². The fourth-order valence-corrected chi connectivity index (χ4v) is 3.35. The third-order valence-corrected chi connectivity index (χ3v) is 5.47. The molecule has 0 aliphatic rings. The van der Waals surface area contributed by atoms with Crippen LogP contribution in [0, 0.1) is 13.8 Å². The van der Waals surface area contributed by atoms with Crippen LogP contribution < -0.4 is 16.0 Å². The lowest BCUT2D eigenvalue weighted by atomic mass is 10.2. The summed E-state index contributed by atoms with van der Waals surface area (Å²) in [6.07, 6.45) is 0. The summed E-state index contributed by atoms with van der Waals surface area (Å²) in [6.45, 7) is 8.30.